The summed E-state index contributed by atoms with van der Waals surface area (Å²) < 4.78 is 17.5. The molecule has 0 aliphatic carbocycles. The fourth-order valence-corrected chi connectivity index (χ4v) is 7.96. The van der Waals surface area contributed by atoms with Crippen molar-refractivity contribution >= 4 is 11.9 Å². The highest BCUT2D eigenvalue weighted by Gasteiger charge is 2.17. The Bertz CT molecular complexity index is 1380. The van der Waals surface area contributed by atoms with Crippen molar-refractivity contribution < 1.29 is 23.8 Å². The van der Waals surface area contributed by atoms with E-state index in [4.69, 9.17) is 14.2 Å². The Hall–Kier alpha value is -3.44. The van der Waals surface area contributed by atoms with Crippen molar-refractivity contribution in [3.8, 4) is 0 Å². The van der Waals surface area contributed by atoms with Gasteiger partial charge in [0.25, 0.3) is 0 Å². The molecule has 1 unspecified atom stereocenters. The van der Waals surface area contributed by atoms with E-state index in [0.29, 0.717) is 19.4 Å². The maximum atomic E-state index is 12.9. The van der Waals surface area contributed by atoms with E-state index in [1.165, 1.54) is 116 Å². The summed E-state index contributed by atoms with van der Waals surface area (Å²) in [4.78, 5) is 25.6. The van der Waals surface area contributed by atoms with Gasteiger partial charge in [0.05, 0.1) is 6.61 Å². The highest BCUT2D eigenvalue weighted by Crippen LogP contribution is 2.14. The third-order valence-electron chi connectivity index (χ3n) is 12.3. The second kappa shape index (κ2) is 59.9. The van der Waals surface area contributed by atoms with Crippen molar-refractivity contribution in [1.82, 2.24) is 0 Å². The first kappa shape index (κ1) is 66.6. The Kier molecular flexibility index (Phi) is 56.9. The Morgan fingerprint density at radius 1 is 0.329 bits per heavy atom. The van der Waals surface area contributed by atoms with E-state index in [0.717, 1.165) is 116 Å². The second-order valence-corrected chi connectivity index (χ2v) is 19.1. The Labute approximate surface area is 434 Å². The molecule has 0 saturated carbocycles. The molecule has 1 atom stereocenters. The second-order valence-electron chi connectivity index (χ2n) is 19.1. The molecule has 0 bridgehead atoms. The van der Waals surface area contributed by atoms with Crippen molar-refractivity contribution in [3.05, 3.63) is 109 Å². The molecule has 0 aromatic rings. The number of unbranched alkanes of at least 4 members (excludes halogenated alkanes) is 24. The van der Waals surface area contributed by atoms with Crippen LogP contribution in [0.15, 0.2) is 109 Å². The molecule has 0 aromatic carbocycles. The van der Waals surface area contributed by atoms with Crippen LogP contribution in [0, 0.1) is 0 Å². The van der Waals surface area contributed by atoms with Crippen molar-refractivity contribution in [2.75, 3.05) is 19.8 Å². The summed E-state index contributed by atoms with van der Waals surface area (Å²) in [5.41, 5.74) is 0. The summed E-state index contributed by atoms with van der Waals surface area (Å²) >= 11 is 0. The zero-order valence-electron chi connectivity index (χ0n) is 46.0. The van der Waals surface area contributed by atoms with Crippen LogP contribution >= 0.6 is 0 Å². The minimum Gasteiger partial charge on any atom is -0.462 e. The minimum atomic E-state index is -0.562. The van der Waals surface area contributed by atoms with E-state index in [1.807, 2.05) is 0 Å². The smallest absolute Gasteiger partial charge is 0.306 e. The molecule has 5 heteroatoms. The van der Waals surface area contributed by atoms with Gasteiger partial charge >= 0.3 is 11.9 Å². The van der Waals surface area contributed by atoms with E-state index in [2.05, 4.69) is 130 Å². The van der Waals surface area contributed by atoms with E-state index in [-0.39, 0.29) is 25.2 Å². The summed E-state index contributed by atoms with van der Waals surface area (Å²) in [6, 6.07) is 0. The molecule has 0 heterocycles. The normalized spacial score (nSPS) is 13.0. The zero-order chi connectivity index (χ0) is 50.6. The summed E-state index contributed by atoms with van der Waals surface area (Å²) in [6.45, 7) is 7.55. The van der Waals surface area contributed by atoms with Crippen molar-refractivity contribution in [2.45, 2.75) is 271 Å². The van der Waals surface area contributed by atoms with Crippen LogP contribution < -0.4 is 0 Å². The number of hydrogen-bond acceptors (Lipinski definition) is 5. The lowest BCUT2D eigenvalue weighted by Crippen LogP contribution is -2.30. The number of carbonyl (C=O) groups is 2. The maximum absolute atomic E-state index is 12.9. The quantitative estimate of drug-likeness (QED) is 0.0345. The van der Waals surface area contributed by atoms with Crippen LogP contribution in [-0.4, -0.2) is 37.9 Å². The number of ether oxygens (including phenoxy) is 3. The first-order chi connectivity index (χ1) is 34.6. The van der Waals surface area contributed by atoms with Gasteiger partial charge in [0.15, 0.2) is 6.10 Å². The highest BCUT2D eigenvalue weighted by molar-refractivity contribution is 5.70. The van der Waals surface area contributed by atoms with Crippen molar-refractivity contribution in [1.29, 1.82) is 0 Å². The molecule has 0 aromatic heterocycles. The third kappa shape index (κ3) is 57.1. The third-order valence-corrected chi connectivity index (χ3v) is 12.3. The monoisotopic (exact) mass is 971 g/mol. The van der Waals surface area contributed by atoms with E-state index in [1.54, 1.807) is 0 Å². The first-order valence-electron chi connectivity index (χ1n) is 29.4. The molecule has 0 saturated heterocycles. The molecule has 0 aliphatic heterocycles. The van der Waals surface area contributed by atoms with Crippen LogP contribution in [0.4, 0.5) is 0 Å². The first-order valence-corrected chi connectivity index (χ1v) is 29.4. The minimum absolute atomic E-state index is 0.0629. The number of rotatable bonds is 53. The van der Waals surface area contributed by atoms with Gasteiger partial charge in [-0.25, -0.2) is 0 Å². The molecule has 0 fully saturated rings. The topological polar surface area (TPSA) is 61.8 Å². The Balaban J connectivity index is 4.36. The van der Waals surface area contributed by atoms with Gasteiger partial charge in [-0.2, -0.15) is 0 Å². The van der Waals surface area contributed by atoms with Crippen LogP contribution in [0.3, 0.4) is 0 Å². The van der Waals surface area contributed by atoms with Gasteiger partial charge in [0.2, 0.25) is 0 Å². The maximum Gasteiger partial charge on any atom is 0.306 e. The van der Waals surface area contributed by atoms with Gasteiger partial charge in [0, 0.05) is 19.4 Å². The molecule has 0 spiro atoms. The predicted octanol–water partition coefficient (Wildman–Crippen LogP) is 20.3. The molecular weight excluding hydrogens is 861 g/mol. The van der Waals surface area contributed by atoms with Crippen LogP contribution in [0.5, 0.6) is 0 Å². The molecular formula is C65H110O5. The van der Waals surface area contributed by atoms with E-state index >= 15 is 0 Å². The van der Waals surface area contributed by atoms with Crippen LogP contribution in [0.2, 0.25) is 0 Å². The van der Waals surface area contributed by atoms with Crippen molar-refractivity contribution in [2.24, 2.45) is 0 Å². The standard InChI is InChI=1S/C65H110O5/c1-4-7-10-13-16-19-22-25-28-31-33-35-37-40-43-46-49-52-55-58-64(66)69-62-63(61-68-60-57-54-51-48-45-42-39-36-32-29-26-23-20-17-14-11-8-5-2)70-65(67)59-56-53-50-47-44-41-38-34-30-27-24-21-18-15-12-9-6-3/h7-8,10-11,16-17,19-20,25-30,33,35-36,39,63H,4-6,9,12-15,18,21-24,31-32,34,37-38,40-62H2,1-3H3/b10-7-,11-8-,19-16-,20-17-,28-25-,29-26-,30-27-,35-33-,39-36-. The van der Waals surface area contributed by atoms with Gasteiger partial charge in [0.1, 0.15) is 6.61 Å². The van der Waals surface area contributed by atoms with Crippen molar-refractivity contribution in [3.63, 3.8) is 0 Å². The van der Waals surface area contributed by atoms with E-state index in [9.17, 15) is 9.59 Å². The fraction of sp³-hybridized carbons (Fsp3) is 0.692. The zero-order valence-corrected chi connectivity index (χ0v) is 46.0. The van der Waals surface area contributed by atoms with Crippen LogP contribution in [0.1, 0.15) is 265 Å². The molecule has 70 heavy (non-hydrogen) atoms. The summed E-state index contributed by atoms with van der Waals surface area (Å²) in [6.07, 6.45) is 82.5. The number of allylic oxidation sites excluding steroid dienone is 18. The van der Waals surface area contributed by atoms with Gasteiger partial charge in [-0.1, -0.05) is 239 Å². The fourth-order valence-electron chi connectivity index (χ4n) is 7.96. The average molecular weight is 972 g/mol. The number of hydrogen-bond donors (Lipinski definition) is 0. The van der Waals surface area contributed by atoms with Gasteiger partial charge in [-0.3, -0.25) is 9.59 Å². The lowest BCUT2D eigenvalue weighted by molar-refractivity contribution is -0.163. The van der Waals surface area contributed by atoms with Crippen LogP contribution in [-0.2, 0) is 23.8 Å². The summed E-state index contributed by atoms with van der Waals surface area (Å²) in [7, 11) is 0. The van der Waals surface area contributed by atoms with Gasteiger partial charge < -0.3 is 14.2 Å². The molecule has 0 radical (unpaired) electrons. The Morgan fingerprint density at radius 3 is 1.04 bits per heavy atom. The number of carbonyl (C=O) groups excluding carboxylic acids is 2. The largest absolute Gasteiger partial charge is 0.462 e. The number of esters is 2. The Morgan fingerprint density at radius 2 is 0.643 bits per heavy atom. The van der Waals surface area contributed by atoms with E-state index < -0.39 is 6.10 Å². The molecule has 5 nitrogen and oxygen atoms in total. The average Bonchev–Trinajstić information content (AvgIpc) is 3.36. The lowest BCUT2D eigenvalue weighted by Gasteiger charge is -2.18. The highest BCUT2D eigenvalue weighted by atomic mass is 16.6. The predicted molar refractivity (Wildman–Crippen MR) is 306 cm³/mol. The van der Waals surface area contributed by atoms with Gasteiger partial charge in [-0.05, 0) is 122 Å². The van der Waals surface area contributed by atoms with Gasteiger partial charge in [-0.15, -0.1) is 0 Å². The summed E-state index contributed by atoms with van der Waals surface area (Å²) in [5.74, 6) is -0.428. The molecule has 0 aliphatic rings. The van der Waals surface area contributed by atoms with Crippen LogP contribution in [0.25, 0.3) is 0 Å². The molecule has 0 rings (SSSR count). The molecule has 400 valence electrons. The molecule has 0 amide bonds. The molecule has 0 N–H and O–H groups in total. The summed E-state index contributed by atoms with van der Waals surface area (Å²) in [5, 5.41) is 0. The SMILES string of the molecule is CC/C=C\C/C=C\C/C=C\C/C=C\CCCCCCCCC(=O)OCC(COCCCCCCC/C=C\C/C=C\C/C=C\C/C=C\CC)OC(=O)CCCCCCCCC/C=C\CCCCCCCC. The lowest BCUT2D eigenvalue weighted by atomic mass is 10.1.